The van der Waals surface area contributed by atoms with Crippen molar-refractivity contribution in [3.63, 3.8) is 0 Å². The molecule has 1 aromatic heterocycles. The number of rotatable bonds is 8. The molecule has 1 N–H and O–H groups in total. The molecule has 0 bridgehead atoms. The molecular formula is C20H19Cl2N3O2. The van der Waals surface area contributed by atoms with E-state index >= 15 is 0 Å². The predicted octanol–water partition coefficient (Wildman–Crippen LogP) is 4.52. The number of hydrazone groups is 1. The summed E-state index contributed by atoms with van der Waals surface area (Å²) < 4.78 is 5.11. The first-order valence-electron chi connectivity index (χ1n) is 8.49. The maximum Gasteiger partial charge on any atom is 0.336 e. The predicted molar refractivity (Wildman–Crippen MR) is 114 cm³/mol. The van der Waals surface area contributed by atoms with Crippen molar-refractivity contribution in [1.29, 1.82) is 0 Å². The fraction of sp³-hybridized carbons (Fsp3) is 0.200. The summed E-state index contributed by atoms with van der Waals surface area (Å²) in [5, 5.41) is 5.09. The van der Waals surface area contributed by atoms with E-state index in [2.05, 4.69) is 15.4 Å². The molecule has 27 heavy (non-hydrogen) atoms. The fourth-order valence-electron chi connectivity index (χ4n) is 2.67. The van der Waals surface area contributed by atoms with E-state index in [4.69, 9.17) is 27.6 Å². The van der Waals surface area contributed by atoms with E-state index in [1.807, 2.05) is 36.4 Å². The van der Waals surface area contributed by atoms with Crippen LogP contribution in [0.25, 0.3) is 11.0 Å². The van der Waals surface area contributed by atoms with Crippen LogP contribution in [0.4, 0.5) is 11.4 Å². The van der Waals surface area contributed by atoms with Gasteiger partial charge < -0.3 is 9.32 Å². The zero-order valence-electron chi connectivity index (χ0n) is 14.6. The largest absolute Gasteiger partial charge is 0.423 e. The summed E-state index contributed by atoms with van der Waals surface area (Å²) in [5.41, 5.74) is 6.02. The molecule has 5 nitrogen and oxygen atoms in total. The first-order chi connectivity index (χ1) is 13.2. The molecule has 0 saturated carbocycles. The van der Waals surface area contributed by atoms with Crippen LogP contribution in [-0.4, -0.2) is 31.1 Å². The summed E-state index contributed by atoms with van der Waals surface area (Å²) in [7, 11) is 0. The van der Waals surface area contributed by atoms with Crippen LogP contribution < -0.4 is 16.0 Å². The quantitative estimate of drug-likeness (QED) is 0.260. The van der Waals surface area contributed by atoms with Gasteiger partial charge in [-0.15, -0.1) is 23.2 Å². The van der Waals surface area contributed by atoms with Gasteiger partial charge in [-0.1, -0.05) is 12.1 Å². The topological polar surface area (TPSA) is 57.8 Å². The number of fused-ring (bicyclic) bond motifs is 1. The van der Waals surface area contributed by atoms with Gasteiger partial charge >= 0.3 is 5.63 Å². The summed E-state index contributed by atoms with van der Waals surface area (Å²) in [6, 6.07) is 16.6. The number of nitrogens with zero attached hydrogens (tertiary/aromatic N) is 2. The second-order valence-corrected chi connectivity index (χ2v) is 6.59. The Morgan fingerprint density at radius 2 is 1.74 bits per heavy atom. The van der Waals surface area contributed by atoms with Crippen LogP contribution in [-0.2, 0) is 0 Å². The Balaban J connectivity index is 1.65. The Morgan fingerprint density at radius 3 is 2.44 bits per heavy atom. The van der Waals surface area contributed by atoms with Crippen molar-refractivity contribution in [1.82, 2.24) is 0 Å². The number of benzene rings is 2. The third-order valence-corrected chi connectivity index (χ3v) is 4.33. The smallest absolute Gasteiger partial charge is 0.336 e. The lowest BCUT2D eigenvalue weighted by molar-refractivity contribution is 0.561. The molecular weight excluding hydrogens is 385 g/mol. The number of halogens is 2. The normalized spacial score (nSPS) is 11.2. The SMILES string of the molecule is O=c1ccc2cc(N/N=C\c3ccc(N(CCCl)CCCl)cc3)ccc2o1. The molecule has 0 aliphatic rings. The summed E-state index contributed by atoms with van der Waals surface area (Å²) >= 11 is 11.7. The Bertz CT molecular complexity index is 965. The van der Waals surface area contributed by atoms with Crippen LogP contribution in [0.1, 0.15) is 5.56 Å². The molecule has 140 valence electrons. The number of hydrogen-bond donors (Lipinski definition) is 1. The maximum absolute atomic E-state index is 11.2. The van der Waals surface area contributed by atoms with Crippen LogP contribution in [0.3, 0.4) is 0 Å². The van der Waals surface area contributed by atoms with E-state index in [0.717, 1.165) is 35.4 Å². The van der Waals surface area contributed by atoms with E-state index in [-0.39, 0.29) is 5.63 Å². The van der Waals surface area contributed by atoms with Crippen molar-refractivity contribution in [3.8, 4) is 0 Å². The molecule has 0 radical (unpaired) electrons. The molecule has 0 aliphatic heterocycles. The standard InChI is InChI=1S/C20H19Cl2N3O2/c21-9-11-25(12-10-22)18-5-1-15(2-6-18)14-23-24-17-4-7-19-16(13-17)3-8-20(26)27-19/h1-8,13-14,24H,9-12H2/b23-14-. The van der Waals surface area contributed by atoms with Crippen LogP contribution in [0, 0.1) is 0 Å². The second kappa shape index (κ2) is 9.44. The highest BCUT2D eigenvalue weighted by atomic mass is 35.5. The average molecular weight is 404 g/mol. The molecule has 0 aliphatic carbocycles. The van der Waals surface area contributed by atoms with Crippen molar-refractivity contribution < 1.29 is 4.42 Å². The molecule has 3 rings (SSSR count). The molecule has 2 aromatic carbocycles. The summed E-state index contributed by atoms with van der Waals surface area (Å²) in [5.74, 6) is 1.11. The van der Waals surface area contributed by atoms with Crippen molar-refractivity contribution in [2.75, 3.05) is 35.2 Å². The Morgan fingerprint density at radius 1 is 1.00 bits per heavy atom. The Hall–Kier alpha value is -2.50. The van der Waals surface area contributed by atoms with Crippen LogP contribution >= 0.6 is 23.2 Å². The zero-order valence-corrected chi connectivity index (χ0v) is 16.1. The van der Waals surface area contributed by atoms with Gasteiger partial charge in [0.1, 0.15) is 5.58 Å². The third kappa shape index (κ3) is 5.25. The molecule has 0 fully saturated rings. The van der Waals surface area contributed by atoms with Crippen LogP contribution in [0.2, 0.25) is 0 Å². The van der Waals surface area contributed by atoms with Crippen molar-refractivity contribution >= 4 is 51.8 Å². The molecule has 7 heteroatoms. The maximum atomic E-state index is 11.2. The van der Waals surface area contributed by atoms with Crippen molar-refractivity contribution in [2.24, 2.45) is 5.10 Å². The number of anilines is 2. The Kier molecular flexibility index (Phi) is 6.74. The summed E-state index contributed by atoms with van der Waals surface area (Å²) in [4.78, 5) is 13.4. The summed E-state index contributed by atoms with van der Waals surface area (Å²) in [6.07, 6.45) is 1.74. The minimum atomic E-state index is -0.361. The highest BCUT2D eigenvalue weighted by Crippen LogP contribution is 2.18. The van der Waals surface area contributed by atoms with Gasteiger partial charge in [0.2, 0.25) is 0 Å². The minimum Gasteiger partial charge on any atom is -0.423 e. The lowest BCUT2D eigenvalue weighted by Crippen LogP contribution is -2.27. The minimum absolute atomic E-state index is 0.361. The van der Waals surface area contributed by atoms with Crippen LogP contribution in [0.5, 0.6) is 0 Å². The Labute approximate surface area is 167 Å². The van der Waals surface area contributed by atoms with E-state index in [0.29, 0.717) is 17.3 Å². The first kappa shape index (κ1) is 19.3. The zero-order chi connectivity index (χ0) is 19.1. The molecule has 0 amide bonds. The molecule has 0 spiro atoms. The van der Waals surface area contributed by atoms with E-state index in [1.54, 1.807) is 18.3 Å². The molecule has 0 unspecified atom stereocenters. The van der Waals surface area contributed by atoms with Gasteiger partial charge in [0.15, 0.2) is 0 Å². The number of hydrogen-bond acceptors (Lipinski definition) is 5. The van der Waals surface area contributed by atoms with Gasteiger partial charge in [0.05, 0.1) is 11.9 Å². The lowest BCUT2D eigenvalue weighted by atomic mass is 10.2. The van der Waals surface area contributed by atoms with Gasteiger partial charge in [-0.05, 0) is 42.0 Å². The summed E-state index contributed by atoms with van der Waals surface area (Å²) in [6.45, 7) is 1.51. The van der Waals surface area contributed by atoms with Crippen LogP contribution in [0.15, 0.2) is 68.9 Å². The number of alkyl halides is 2. The molecule has 1 heterocycles. The highest BCUT2D eigenvalue weighted by Gasteiger charge is 2.04. The van der Waals surface area contributed by atoms with E-state index < -0.39 is 0 Å². The molecule has 0 atom stereocenters. The highest BCUT2D eigenvalue weighted by molar-refractivity contribution is 6.18. The monoisotopic (exact) mass is 403 g/mol. The lowest BCUT2D eigenvalue weighted by Gasteiger charge is -2.22. The number of nitrogens with one attached hydrogen (secondary N) is 1. The molecule has 3 aromatic rings. The van der Waals surface area contributed by atoms with E-state index in [1.165, 1.54) is 6.07 Å². The van der Waals surface area contributed by atoms with Crippen molar-refractivity contribution in [3.05, 3.63) is 70.6 Å². The van der Waals surface area contributed by atoms with Gasteiger partial charge in [0.25, 0.3) is 0 Å². The fourth-order valence-corrected chi connectivity index (χ4v) is 3.08. The van der Waals surface area contributed by atoms with Gasteiger partial charge in [0, 0.05) is 42.0 Å². The second-order valence-electron chi connectivity index (χ2n) is 5.83. The van der Waals surface area contributed by atoms with Gasteiger partial charge in [-0.3, -0.25) is 5.43 Å². The first-order valence-corrected chi connectivity index (χ1v) is 9.56. The van der Waals surface area contributed by atoms with Crippen molar-refractivity contribution in [2.45, 2.75) is 0 Å². The molecule has 0 saturated heterocycles. The van der Waals surface area contributed by atoms with Gasteiger partial charge in [-0.2, -0.15) is 5.10 Å². The average Bonchev–Trinajstić information content (AvgIpc) is 2.68. The third-order valence-electron chi connectivity index (χ3n) is 3.99. The van der Waals surface area contributed by atoms with E-state index in [9.17, 15) is 4.79 Å². The van der Waals surface area contributed by atoms with Gasteiger partial charge in [-0.25, -0.2) is 4.79 Å².